The molecule has 118 valence electrons. The second-order valence-electron chi connectivity index (χ2n) is 5.44. The van der Waals surface area contributed by atoms with Crippen molar-refractivity contribution in [3.8, 4) is 11.5 Å². The average molecular weight is 303 g/mol. The summed E-state index contributed by atoms with van der Waals surface area (Å²) in [5.74, 6) is 0.878. The van der Waals surface area contributed by atoms with Crippen molar-refractivity contribution in [3.63, 3.8) is 0 Å². The van der Waals surface area contributed by atoms with Crippen LogP contribution >= 0.6 is 0 Å². The Hall–Kier alpha value is -2.30. The van der Waals surface area contributed by atoms with Gasteiger partial charge in [0.15, 0.2) is 17.6 Å². The predicted molar refractivity (Wildman–Crippen MR) is 84.8 cm³/mol. The Morgan fingerprint density at radius 1 is 1.45 bits per heavy atom. The fourth-order valence-electron chi connectivity index (χ4n) is 2.45. The van der Waals surface area contributed by atoms with E-state index in [2.05, 4.69) is 6.58 Å². The van der Waals surface area contributed by atoms with Crippen LogP contribution in [0.15, 0.2) is 24.8 Å². The van der Waals surface area contributed by atoms with Gasteiger partial charge in [-0.1, -0.05) is 19.9 Å². The Balaban J connectivity index is 2.61. The third kappa shape index (κ3) is 2.84. The summed E-state index contributed by atoms with van der Waals surface area (Å²) in [5, 5.41) is 0. The summed E-state index contributed by atoms with van der Waals surface area (Å²) in [6.45, 7) is 10.2. The number of amides is 1. The maximum atomic E-state index is 12.6. The summed E-state index contributed by atoms with van der Waals surface area (Å²) in [4.78, 5) is 25.3. The van der Waals surface area contributed by atoms with E-state index >= 15 is 0 Å². The minimum absolute atomic E-state index is 0.0215. The number of rotatable bonds is 6. The SMILES string of the molecule is C=CCN1C(=O)C(C(C)C)Oc2c(OCC)cc(C=O)cc21. The highest BCUT2D eigenvalue weighted by molar-refractivity contribution is 6.02. The number of hydrogen-bond donors (Lipinski definition) is 0. The summed E-state index contributed by atoms with van der Waals surface area (Å²) in [7, 11) is 0. The van der Waals surface area contributed by atoms with E-state index in [1.807, 2.05) is 20.8 Å². The third-order valence-electron chi connectivity index (χ3n) is 3.46. The van der Waals surface area contributed by atoms with Gasteiger partial charge in [0.2, 0.25) is 0 Å². The molecule has 5 nitrogen and oxygen atoms in total. The first-order valence-electron chi connectivity index (χ1n) is 7.38. The summed E-state index contributed by atoms with van der Waals surface area (Å²) in [6.07, 6.45) is 1.81. The van der Waals surface area contributed by atoms with Gasteiger partial charge in [-0.15, -0.1) is 6.58 Å². The zero-order valence-corrected chi connectivity index (χ0v) is 13.2. The Kier molecular flexibility index (Phi) is 4.85. The molecule has 0 saturated heterocycles. The topological polar surface area (TPSA) is 55.8 Å². The monoisotopic (exact) mass is 303 g/mol. The molecule has 1 aromatic carbocycles. The van der Waals surface area contributed by atoms with E-state index in [1.165, 1.54) is 0 Å². The molecule has 0 aliphatic carbocycles. The molecule has 1 atom stereocenters. The molecule has 5 heteroatoms. The maximum Gasteiger partial charge on any atom is 0.268 e. The Morgan fingerprint density at radius 3 is 2.73 bits per heavy atom. The molecule has 2 rings (SSSR count). The predicted octanol–water partition coefficient (Wildman–Crippen LogP) is 2.83. The molecule has 0 radical (unpaired) electrons. The molecular weight excluding hydrogens is 282 g/mol. The van der Waals surface area contributed by atoms with Gasteiger partial charge in [-0.25, -0.2) is 0 Å². The van der Waals surface area contributed by atoms with E-state index < -0.39 is 6.10 Å². The van der Waals surface area contributed by atoms with E-state index in [9.17, 15) is 9.59 Å². The minimum Gasteiger partial charge on any atom is -0.490 e. The lowest BCUT2D eigenvalue weighted by Crippen LogP contribution is -2.48. The molecule has 1 amide bonds. The zero-order valence-electron chi connectivity index (χ0n) is 13.2. The first kappa shape index (κ1) is 16.1. The number of hydrogen-bond acceptors (Lipinski definition) is 4. The van der Waals surface area contributed by atoms with E-state index in [-0.39, 0.29) is 11.8 Å². The Morgan fingerprint density at radius 2 is 2.18 bits per heavy atom. The molecule has 1 aromatic rings. The van der Waals surface area contributed by atoms with Crippen molar-refractivity contribution in [1.82, 2.24) is 0 Å². The van der Waals surface area contributed by atoms with Crippen LogP contribution in [0.2, 0.25) is 0 Å². The standard InChI is InChI=1S/C17H21NO4/c1-5-7-18-13-8-12(10-19)9-14(21-6-2)16(13)22-15(11(3)4)17(18)20/h5,8-11,15H,1,6-7H2,2-4H3. The number of carbonyl (C=O) groups excluding carboxylic acids is 2. The molecule has 1 heterocycles. The zero-order chi connectivity index (χ0) is 16.3. The molecule has 1 unspecified atom stereocenters. The van der Waals surface area contributed by atoms with Crippen LogP contribution in [0.1, 0.15) is 31.1 Å². The van der Waals surface area contributed by atoms with Gasteiger partial charge >= 0.3 is 0 Å². The number of ether oxygens (including phenoxy) is 2. The number of benzene rings is 1. The van der Waals surface area contributed by atoms with Crippen LogP contribution in [-0.2, 0) is 4.79 Å². The fourth-order valence-corrected chi connectivity index (χ4v) is 2.45. The molecule has 0 bridgehead atoms. The number of nitrogens with zero attached hydrogens (tertiary/aromatic N) is 1. The quantitative estimate of drug-likeness (QED) is 0.599. The molecule has 0 fully saturated rings. The van der Waals surface area contributed by atoms with Crippen molar-refractivity contribution in [2.75, 3.05) is 18.1 Å². The Bertz CT molecular complexity index is 595. The van der Waals surface area contributed by atoms with Crippen molar-refractivity contribution in [2.24, 2.45) is 5.92 Å². The summed E-state index contributed by atoms with van der Waals surface area (Å²) in [6, 6.07) is 3.28. The van der Waals surface area contributed by atoms with Gasteiger partial charge in [-0.3, -0.25) is 9.59 Å². The van der Waals surface area contributed by atoms with Gasteiger partial charge in [-0.2, -0.15) is 0 Å². The molecule has 0 N–H and O–H groups in total. The van der Waals surface area contributed by atoms with Gasteiger partial charge in [-0.05, 0) is 25.0 Å². The molecule has 1 aliphatic heterocycles. The van der Waals surface area contributed by atoms with E-state index in [0.29, 0.717) is 35.9 Å². The second-order valence-corrected chi connectivity index (χ2v) is 5.44. The number of carbonyl (C=O) groups is 2. The first-order chi connectivity index (χ1) is 10.5. The van der Waals surface area contributed by atoms with Gasteiger partial charge in [0.1, 0.15) is 6.29 Å². The van der Waals surface area contributed by atoms with E-state index in [0.717, 1.165) is 6.29 Å². The highest BCUT2D eigenvalue weighted by Gasteiger charge is 2.37. The molecule has 0 spiro atoms. The van der Waals surface area contributed by atoms with Gasteiger partial charge in [0, 0.05) is 12.1 Å². The third-order valence-corrected chi connectivity index (χ3v) is 3.46. The summed E-state index contributed by atoms with van der Waals surface area (Å²) >= 11 is 0. The smallest absolute Gasteiger partial charge is 0.268 e. The van der Waals surface area contributed by atoms with Crippen LogP contribution in [0.25, 0.3) is 0 Å². The van der Waals surface area contributed by atoms with Crippen molar-refractivity contribution in [3.05, 3.63) is 30.4 Å². The van der Waals surface area contributed by atoms with Crippen molar-refractivity contribution in [2.45, 2.75) is 26.9 Å². The molecule has 1 aliphatic rings. The van der Waals surface area contributed by atoms with E-state index in [4.69, 9.17) is 9.47 Å². The second kappa shape index (κ2) is 6.64. The van der Waals surface area contributed by atoms with Crippen LogP contribution < -0.4 is 14.4 Å². The lowest BCUT2D eigenvalue weighted by molar-refractivity contribution is -0.128. The van der Waals surface area contributed by atoms with Crippen LogP contribution in [0.4, 0.5) is 5.69 Å². The van der Waals surface area contributed by atoms with Crippen molar-refractivity contribution >= 4 is 17.9 Å². The van der Waals surface area contributed by atoms with E-state index in [1.54, 1.807) is 23.1 Å². The molecular formula is C17H21NO4. The normalized spacial score (nSPS) is 17.0. The van der Waals surface area contributed by atoms with Crippen LogP contribution in [0, 0.1) is 5.92 Å². The number of fused-ring (bicyclic) bond motifs is 1. The minimum atomic E-state index is -0.575. The average Bonchev–Trinajstić information content (AvgIpc) is 2.49. The van der Waals surface area contributed by atoms with Crippen LogP contribution in [0.5, 0.6) is 11.5 Å². The van der Waals surface area contributed by atoms with Crippen LogP contribution in [0.3, 0.4) is 0 Å². The number of anilines is 1. The first-order valence-corrected chi connectivity index (χ1v) is 7.38. The highest BCUT2D eigenvalue weighted by atomic mass is 16.5. The van der Waals surface area contributed by atoms with Gasteiger partial charge in [0.25, 0.3) is 5.91 Å². The lowest BCUT2D eigenvalue weighted by Gasteiger charge is -2.36. The largest absolute Gasteiger partial charge is 0.490 e. The fraction of sp³-hybridized carbons (Fsp3) is 0.412. The molecule has 22 heavy (non-hydrogen) atoms. The van der Waals surface area contributed by atoms with Crippen molar-refractivity contribution in [1.29, 1.82) is 0 Å². The molecule has 0 aromatic heterocycles. The summed E-state index contributed by atoms with van der Waals surface area (Å²) < 4.78 is 11.5. The molecule has 0 saturated carbocycles. The maximum absolute atomic E-state index is 12.6. The highest BCUT2D eigenvalue weighted by Crippen LogP contribution is 2.43. The Labute approximate surface area is 130 Å². The summed E-state index contributed by atoms with van der Waals surface area (Å²) in [5.41, 5.74) is 0.991. The number of aldehydes is 1. The lowest BCUT2D eigenvalue weighted by atomic mass is 10.0. The van der Waals surface area contributed by atoms with Crippen molar-refractivity contribution < 1.29 is 19.1 Å². The van der Waals surface area contributed by atoms with Crippen LogP contribution in [-0.4, -0.2) is 31.4 Å². The van der Waals surface area contributed by atoms with Gasteiger partial charge in [0.05, 0.1) is 12.3 Å². The van der Waals surface area contributed by atoms with Gasteiger partial charge < -0.3 is 14.4 Å².